The van der Waals surface area contributed by atoms with Gasteiger partial charge in [0.2, 0.25) is 11.8 Å². The maximum absolute atomic E-state index is 12.7. The van der Waals surface area contributed by atoms with Crippen molar-refractivity contribution in [2.24, 2.45) is 5.92 Å². The summed E-state index contributed by atoms with van der Waals surface area (Å²) in [7, 11) is 0. The topological polar surface area (TPSA) is 58.2 Å². The second-order valence-electron chi connectivity index (χ2n) is 6.89. The fourth-order valence-corrected chi connectivity index (χ4v) is 3.80. The highest BCUT2D eigenvalue weighted by atomic mass is 32.2. The molecule has 0 fully saturated rings. The van der Waals surface area contributed by atoms with Gasteiger partial charge in [0.25, 0.3) is 0 Å². The molecule has 0 aliphatic heterocycles. The summed E-state index contributed by atoms with van der Waals surface area (Å²) < 4.78 is 0. The van der Waals surface area contributed by atoms with Crippen molar-refractivity contribution in [3.8, 4) is 0 Å². The van der Waals surface area contributed by atoms with Crippen molar-refractivity contribution in [3.05, 3.63) is 71.8 Å². The number of carbonyl (C=O) groups is 2. The van der Waals surface area contributed by atoms with Gasteiger partial charge in [-0.05, 0) is 24.0 Å². The quantitative estimate of drug-likeness (QED) is 0.692. The molecule has 2 N–H and O–H groups in total. The van der Waals surface area contributed by atoms with E-state index in [0.29, 0.717) is 6.54 Å². The van der Waals surface area contributed by atoms with E-state index in [1.807, 2.05) is 62.4 Å². The second kappa shape index (κ2) is 10.8. The van der Waals surface area contributed by atoms with Gasteiger partial charge in [0.1, 0.15) is 6.04 Å². The summed E-state index contributed by atoms with van der Waals surface area (Å²) in [5.41, 5.74) is 2.22. The number of rotatable bonds is 9. The van der Waals surface area contributed by atoms with E-state index in [0.717, 1.165) is 11.3 Å². The highest BCUT2D eigenvalue weighted by Gasteiger charge is 2.25. The van der Waals surface area contributed by atoms with E-state index in [9.17, 15) is 9.59 Å². The molecular weight excluding hydrogens is 356 g/mol. The van der Waals surface area contributed by atoms with Gasteiger partial charge < -0.3 is 10.6 Å². The Morgan fingerprint density at radius 2 is 1.41 bits per heavy atom. The molecule has 0 heterocycles. The molecule has 5 heteroatoms. The van der Waals surface area contributed by atoms with Crippen molar-refractivity contribution in [1.82, 2.24) is 10.6 Å². The van der Waals surface area contributed by atoms with Crippen LogP contribution in [0.15, 0.2) is 60.7 Å². The van der Waals surface area contributed by atoms with E-state index < -0.39 is 6.04 Å². The van der Waals surface area contributed by atoms with Crippen molar-refractivity contribution in [1.29, 1.82) is 0 Å². The number of thioether (sulfide) groups is 1. The van der Waals surface area contributed by atoms with Crippen molar-refractivity contribution in [2.45, 2.75) is 44.4 Å². The number of amides is 2. The van der Waals surface area contributed by atoms with Crippen LogP contribution in [0.25, 0.3) is 0 Å². The summed E-state index contributed by atoms with van der Waals surface area (Å²) in [5.74, 6) is 0.681. The molecule has 0 aromatic heterocycles. The lowest BCUT2D eigenvalue weighted by Crippen LogP contribution is -2.48. The third-order valence-corrected chi connectivity index (χ3v) is 5.82. The van der Waals surface area contributed by atoms with Gasteiger partial charge in [0.05, 0.1) is 5.25 Å². The van der Waals surface area contributed by atoms with Crippen LogP contribution in [0.5, 0.6) is 0 Å². The summed E-state index contributed by atoms with van der Waals surface area (Å²) in [6, 6.07) is 19.2. The third-order valence-electron chi connectivity index (χ3n) is 4.20. The van der Waals surface area contributed by atoms with Gasteiger partial charge in [-0.25, -0.2) is 0 Å². The number of benzene rings is 2. The van der Waals surface area contributed by atoms with Crippen LogP contribution in [0, 0.1) is 5.92 Å². The van der Waals surface area contributed by atoms with Gasteiger partial charge in [-0.15, -0.1) is 11.8 Å². The molecule has 0 bridgehead atoms. The standard InChI is InChI=1S/C22H28N2O2S/c1-16(2)20(27-15-19-12-8-5-9-13-19)22(26)24-17(3)21(25)23-14-18-10-6-4-7-11-18/h4-13,16-17,20H,14-15H2,1-3H3,(H,23,25)(H,24,26). The largest absolute Gasteiger partial charge is 0.350 e. The van der Waals surface area contributed by atoms with Gasteiger partial charge in [0.15, 0.2) is 0 Å². The highest BCUT2D eigenvalue weighted by molar-refractivity contribution is 7.99. The summed E-state index contributed by atoms with van der Waals surface area (Å²) >= 11 is 1.61. The minimum Gasteiger partial charge on any atom is -0.350 e. The summed E-state index contributed by atoms with van der Waals surface area (Å²) in [5, 5.41) is 5.53. The molecule has 2 aromatic rings. The van der Waals surface area contributed by atoms with Crippen LogP contribution in [0.4, 0.5) is 0 Å². The number of carbonyl (C=O) groups excluding carboxylic acids is 2. The Morgan fingerprint density at radius 1 is 0.852 bits per heavy atom. The maximum Gasteiger partial charge on any atom is 0.242 e. The first kappa shape index (κ1) is 21.0. The van der Waals surface area contributed by atoms with Crippen LogP contribution in [-0.4, -0.2) is 23.1 Å². The second-order valence-corrected chi connectivity index (χ2v) is 8.02. The third kappa shape index (κ3) is 7.10. The van der Waals surface area contributed by atoms with Crippen molar-refractivity contribution < 1.29 is 9.59 Å². The zero-order chi connectivity index (χ0) is 19.6. The lowest BCUT2D eigenvalue weighted by atomic mass is 10.1. The minimum atomic E-state index is -0.570. The molecule has 2 aromatic carbocycles. The first-order valence-corrected chi connectivity index (χ1v) is 10.3. The Kier molecular flexibility index (Phi) is 8.40. The van der Waals surface area contributed by atoms with Crippen LogP contribution >= 0.6 is 11.8 Å². The van der Waals surface area contributed by atoms with E-state index in [4.69, 9.17) is 0 Å². The lowest BCUT2D eigenvalue weighted by molar-refractivity contribution is -0.128. The van der Waals surface area contributed by atoms with Crippen LogP contribution in [0.2, 0.25) is 0 Å². The van der Waals surface area contributed by atoms with Crippen molar-refractivity contribution >= 4 is 23.6 Å². The average molecular weight is 385 g/mol. The van der Waals surface area contributed by atoms with Gasteiger partial charge >= 0.3 is 0 Å². The molecule has 144 valence electrons. The van der Waals surface area contributed by atoms with Gasteiger partial charge in [0, 0.05) is 12.3 Å². The molecule has 0 spiro atoms. The SMILES string of the molecule is CC(NC(=O)C(SCc1ccccc1)C(C)C)C(=O)NCc1ccccc1. The molecule has 2 atom stereocenters. The minimum absolute atomic E-state index is 0.0895. The fourth-order valence-electron chi connectivity index (χ4n) is 2.63. The van der Waals surface area contributed by atoms with Crippen LogP contribution < -0.4 is 10.6 Å². The highest BCUT2D eigenvalue weighted by Crippen LogP contribution is 2.24. The van der Waals surface area contributed by atoms with E-state index in [2.05, 4.69) is 22.8 Å². The van der Waals surface area contributed by atoms with Gasteiger partial charge in [-0.2, -0.15) is 0 Å². The summed E-state index contributed by atoms with van der Waals surface area (Å²) in [6.07, 6.45) is 0. The number of hydrogen-bond donors (Lipinski definition) is 2. The zero-order valence-corrected chi connectivity index (χ0v) is 17.0. The first-order valence-electron chi connectivity index (χ1n) is 9.25. The lowest BCUT2D eigenvalue weighted by Gasteiger charge is -2.22. The molecule has 0 saturated carbocycles. The Labute approximate surface area is 166 Å². The van der Waals surface area contributed by atoms with Crippen molar-refractivity contribution in [3.63, 3.8) is 0 Å². The zero-order valence-electron chi connectivity index (χ0n) is 16.1. The predicted molar refractivity (Wildman–Crippen MR) is 112 cm³/mol. The molecule has 27 heavy (non-hydrogen) atoms. The molecular formula is C22H28N2O2S. The Hall–Kier alpha value is -2.27. The Balaban J connectivity index is 1.84. The average Bonchev–Trinajstić information content (AvgIpc) is 2.67. The van der Waals surface area contributed by atoms with E-state index in [1.54, 1.807) is 18.7 Å². The molecule has 0 aliphatic carbocycles. The predicted octanol–water partition coefficient (Wildman–Crippen LogP) is 3.77. The van der Waals surface area contributed by atoms with Crippen molar-refractivity contribution in [2.75, 3.05) is 0 Å². The van der Waals surface area contributed by atoms with E-state index >= 15 is 0 Å². The first-order chi connectivity index (χ1) is 13.0. The molecule has 2 rings (SSSR count). The fraction of sp³-hybridized carbons (Fsp3) is 0.364. The summed E-state index contributed by atoms with van der Waals surface area (Å²) in [4.78, 5) is 25.0. The Morgan fingerprint density at radius 3 is 1.96 bits per heavy atom. The molecule has 2 amide bonds. The van der Waals surface area contributed by atoms with Crippen LogP contribution in [-0.2, 0) is 21.9 Å². The van der Waals surface area contributed by atoms with Crippen LogP contribution in [0.1, 0.15) is 31.9 Å². The maximum atomic E-state index is 12.7. The van der Waals surface area contributed by atoms with Gasteiger partial charge in [-0.3, -0.25) is 9.59 Å². The van der Waals surface area contributed by atoms with E-state index in [-0.39, 0.29) is 23.0 Å². The molecule has 4 nitrogen and oxygen atoms in total. The number of hydrogen-bond acceptors (Lipinski definition) is 3. The smallest absolute Gasteiger partial charge is 0.242 e. The molecule has 0 saturated heterocycles. The summed E-state index contributed by atoms with van der Waals surface area (Å²) in [6.45, 7) is 6.23. The molecule has 0 radical (unpaired) electrons. The molecule has 2 unspecified atom stereocenters. The number of nitrogens with one attached hydrogen (secondary N) is 2. The monoisotopic (exact) mass is 384 g/mol. The molecule has 0 aliphatic rings. The van der Waals surface area contributed by atoms with E-state index in [1.165, 1.54) is 5.56 Å². The normalized spacial score (nSPS) is 13.0. The Bertz CT molecular complexity index is 720. The van der Waals surface area contributed by atoms with Gasteiger partial charge in [-0.1, -0.05) is 74.5 Å². The van der Waals surface area contributed by atoms with Crippen LogP contribution in [0.3, 0.4) is 0 Å².